The van der Waals surface area contributed by atoms with Crippen molar-refractivity contribution in [2.45, 2.75) is 19.1 Å². The number of aromatic nitrogens is 1. The molecule has 4 rings (SSSR count). The van der Waals surface area contributed by atoms with Crippen molar-refractivity contribution >= 4 is 29.0 Å². The average molecular weight is 488 g/mol. The lowest BCUT2D eigenvalue weighted by molar-refractivity contribution is -0.137. The van der Waals surface area contributed by atoms with Gasteiger partial charge in [0.15, 0.2) is 5.82 Å². The Hall–Kier alpha value is -3.99. The van der Waals surface area contributed by atoms with E-state index in [1.807, 2.05) is 19.1 Å². The van der Waals surface area contributed by atoms with Crippen LogP contribution in [0.25, 0.3) is 0 Å². The topological polar surface area (TPSA) is 92.3 Å². The molecule has 2 amide bonds. The van der Waals surface area contributed by atoms with E-state index in [0.717, 1.165) is 5.56 Å². The highest BCUT2D eigenvalue weighted by Gasteiger charge is 2.32. The minimum atomic E-state index is -4.83. The van der Waals surface area contributed by atoms with Crippen LogP contribution < -0.4 is 16.0 Å². The zero-order valence-electron chi connectivity index (χ0n) is 18.4. The van der Waals surface area contributed by atoms with Crippen LogP contribution in [-0.4, -0.2) is 36.1 Å². The number of halogens is 4. The number of para-hydroxylation sites is 1. The molecule has 1 aliphatic heterocycles. The van der Waals surface area contributed by atoms with Crippen LogP contribution in [0.1, 0.15) is 31.8 Å². The number of carbonyl (C=O) groups is 2. The van der Waals surface area contributed by atoms with Gasteiger partial charge in [0, 0.05) is 17.4 Å². The molecule has 0 unspecified atom stereocenters. The summed E-state index contributed by atoms with van der Waals surface area (Å²) in [5, 5.41) is 8.23. The summed E-state index contributed by atoms with van der Waals surface area (Å²) in [6.45, 7) is 2.59. The normalized spacial score (nSPS) is 13.6. The Morgan fingerprint density at radius 1 is 1.00 bits per heavy atom. The fourth-order valence-electron chi connectivity index (χ4n) is 3.29. The first kappa shape index (κ1) is 24.1. The molecular formula is C24H20F4N4O3. The summed E-state index contributed by atoms with van der Waals surface area (Å²) >= 11 is 0. The number of nitrogens with one attached hydrogen (secondary N) is 3. The summed E-state index contributed by atoms with van der Waals surface area (Å²) in [6, 6.07) is 9.95. The summed E-state index contributed by atoms with van der Waals surface area (Å²) in [5.74, 6) is -2.54. The van der Waals surface area contributed by atoms with Gasteiger partial charge >= 0.3 is 6.18 Å². The molecule has 3 aromatic rings. The van der Waals surface area contributed by atoms with E-state index < -0.39 is 34.9 Å². The van der Waals surface area contributed by atoms with Gasteiger partial charge in [-0.25, -0.2) is 9.37 Å². The quantitative estimate of drug-likeness (QED) is 0.439. The predicted octanol–water partition coefficient (Wildman–Crippen LogP) is 4.67. The molecule has 0 bridgehead atoms. The van der Waals surface area contributed by atoms with Gasteiger partial charge in [0.25, 0.3) is 11.8 Å². The van der Waals surface area contributed by atoms with Gasteiger partial charge in [-0.05, 0) is 42.8 Å². The Morgan fingerprint density at radius 3 is 2.40 bits per heavy atom. The number of carbonyl (C=O) groups excluding carboxylic acids is 2. The summed E-state index contributed by atoms with van der Waals surface area (Å²) in [6.07, 6.45) is -3.53. The minimum absolute atomic E-state index is 0.0218. The van der Waals surface area contributed by atoms with E-state index in [1.54, 1.807) is 12.1 Å². The predicted molar refractivity (Wildman–Crippen MR) is 120 cm³/mol. The molecule has 0 spiro atoms. The first-order valence-corrected chi connectivity index (χ1v) is 10.5. The second-order valence-electron chi connectivity index (χ2n) is 7.95. The number of alkyl halides is 3. The van der Waals surface area contributed by atoms with Gasteiger partial charge in [-0.15, -0.1) is 0 Å². The van der Waals surface area contributed by atoms with Gasteiger partial charge < -0.3 is 20.7 Å². The molecule has 1 aliphatic rings. The van der Waals surface area contributed by atoms with Gasteiger partial charge in [0.05, 0.1) is 36.1 Å². The number of ether oxygens (including phenoxy) is 1. The molecule has 11 heteroatoms. The van der Waals surface area contributed by atoms with Gasteiger partial charge in [-0.2, -0.15) is 13.2 Å². The highest BCUT2D eigenvalue weighted by Crippen LogP contribution is 2.31. The second kappa shape index (κ2) is 9.71. The van der Waals surface area contributed by atoms with E-state index in [9.17, 15) is 27.2 Å². The Balaban J connectivity index is 1.66. The van der Waals surface area contributed by atoms with Crippen molar-refractivity contribution in [2.24, 2.45) is 0 Å². The minimum Gasteiger partial charge on any atom is -0.377 e. The van der Waals surface area contributed by atoms with Gasteiger partial charge in [0.1, 0.15) is 5.82 Å². The zero-order chi connectivity index (χ0) is 25.2. The number of amides is 2. The third-order valence-corrected chi connectivity index (χ3v) is 5.26. The summed E-state index contributed by atoms with van der Waals surface area (Å²) < 4.78 is 58.1. The zero-order valence-corrected chi connectivity index (χ0v) is 18.4. The highest BCUT2D eigenvalue weighted by molar-refractivity contribution is 6.07. The third-order valence-electron chi connectivity index (χ3n) is 5.26. The Morgan fingerprint density at radius 2 is 1.74 bits per heavy atom. The van der Waals surface area contributed by atoms with Crippen molar-refractivity contribution in [2.75, 3.05) is 23.8 Å². The lowest BCUT2D eigenvalue weighted by Gasteiger charge is -2.26. The van der Waals surface area contributed by atoms with Crippen LogP contribution in [0.15, 0.2) is 54.7 Å². The molecule has 2 aromatic carbocycles. The summed E-state index contributed by atoms with van der Waals surface area (Å²) in [5.41, 5.74) is -0.190. The van der Waals surface area contributed by atoms with E-state index in [1.165, 1.54) is 12.3 Å². The molecule has 0 saturated carbocycles. The van der Waals surface area contributed by atoms with Crippen molar-refractivity contribution in [1.82, 2.24) is 10.3 Å². The molecule has 7 nitrogen and oxygen atoms in total. The molecule has 1 saturated heterocycles. The Bertz CT molecular complexity index is 1280. The van der Waals surface area contributed by atoms with Crippen molar-refractivity contribution in [3.8, 4) is 0 Å². The molecule has 0 aliphatic carbocycles. The summed E-state index contributed by atoms with van der Waals surface area (Å²) in [4.78, 5) is 29.6. The lowest BCUT2D eigenvalue weighted by Crippen LogP contribution is -2.48. The molecule has 1 aromatic heterocycles. The second-order valence-corrected chi connectivity index (χ2v) is 7.95. The fraction of sp³-hybridized carbons (Fsp3) is 0.208. The molecular weight excluding hydrogens is 468 g/mol. The monoisotopic (exact) mass is 488 g/mol. The van der Waals surface area contributed by atoms with E-state index in [-0.39, 0.29) is 23.1 Å². The van der Waals surface area contributed by atoms with E-state index in [4.69, 9.17) is 4.74 Å². The number of rotatable bonds is 6. The van der Waals surface area contributed by atoms with E-state index in [0.29, 0.717) is 37.1 Å². The molecule has 35 heavy (non-hydrogen) atoms. The van der Waals surface area contributed by atoms with Crippen LogP contribution in [0.5, 0.6) is 0 Å². The van der Waals surface area contributed by atoms with Crippen molar-refractivity contribution in [3.63, 3.8) is 0 Å². The van der Waals surface area contributed by atoms with Gasteiger partial charge in [-0.1, -0.05) is 18.2 Å². The fourth-order valence-corrected chi connectivity index (χ4v) is 3.29. The van der Waals surface area contributed by atoms with Crippen LogP contribution in [0.2, 0.25) is 0 Å². The smallest absolute Gasteiger partial charge is 0.377 e. The number of anilines is 3. The van der Waals surface area contributed by atoms with Crippen LogP contribution in [0, 0.1) is 12.7 Å². The lowest BCUT2D eigenvalue weighted by atomic mass is 10.1. The highest BCUT2D eigenvalue weighted by atomic mass is 19.4. The maximum atomic E-state index is 13.8. The number of aryl methyl sites for hydroxylation is 1. The van der Waals surface area contributed by atoms with Gasteiger partial charge in [-0.3, -0.25) is 9.59 Å². The maximum Gasteiger partial charge on any atom is 0.416 e. The molecule has 0 atom stereocenters. The maximum absolute atomic E-state index is 13.8. The first-order chi connectivity index (χ1) is 16.6. The first-order valence-electron chi connectivity index (χ1n) is 10.5. The molecule has 1 fully saturated rings. The molecule has 0 radical (unpaired) electrons. The van der Waals surface area contributed by atoms with Crippen molar-refractivity contribution in [1.29, 1.82) is 0 Å². The Kier molecular flexibility index (Phi) is 6.70. The average Bonchev–Trinajstić information content (AvgIpc) is 2.77. The Labute approximate surface area is 197 Å². The number of benzene rings is 2. The van der Waals surface area contributed by atoms with E-state index in [2.05, 4.69) is 20.9 Å². The van der Waals surface area contributed by atoms with Crippen molar-refractivity contribution in [3.05, 3.63) is 82.8 Å². The number of hydrogen-bond acceptors (Lipinski definition) is 5. The molecule has 2 heterocycles. The molecule has 182 valence electrons. The van der Waals surface area contributed by atoms with Crippen molar-refractivity contribution < 1.29 is 31.9 Å². The standard InChI is InChI=1S/C24H20F4N4O3/c1-13-4-2-3-5-19(13)31-21-20(8-15(10-29-21)23(34)30-18-11-35-12-18)32-22(33)14-6-16(24(26,27)28)9-17(25)7-14/h2-10,18H,11-12H2,1H3,(H,29,31)(H,30,34)(H,32,33). The van der Waals surface area contributed by atoms with Crippen LogP contribution in [0.3, 0.4) is 0 Å². The molecule has 3 N–H and O–H groups in total. The van der Waals surface area contributed by atoms with E-state index >= 15 is 0 Å². The number of pyridine rings is 1. The van der Waals surface area contributed by atoms with Crippen LogP contribution in [0.4, 0.5) is 34.8 Å². The SMILES string of the molecule is Cc1ccccc1Nc1ncc(C(=O)NC2COC2)cc1NC(=O)c1cc(F)cc(C(F)(F)F)c1. The largest absolute Gasteiger partial charge is 0.416 e. The van der Waals surface area contributed by atoms with Crippen LogP contribution >= 0.6 is 0 Å². The summed E-state index contributed by atoms with van der Waals surface area (Å²) in [7, 11) is 0. The number of hydrogen-bond donors (Lipinski definition) is 3. The van der Waals surface area contributed by atoms with Crippen LogP contribution in [-0.2, 0) is 10.9 Å². The van der Waals surface area contributed by atoms with Gasteiger partial charge in [0.2, 0.25) is 0 Å². The number of nitrogens with zero attached hydrogens (tertiary/aromatic N) is 1. The third kappa shape index (κ3) is 5.75.